The SMILES string of the molecule is CC([Si]O)C(C)[Si]O.CC1(C)N(O)C(=C2C=CC(=O)C=C2)N(O)C1(C)C.CCO[Si](Cl)(OCC)OCC.CCO[Si]1(OCC)O[Si]C(C)C(C)[Si]O1.CCO[Si]1(OCC)O[Si]C(C)C(C)[Si]O1.CCO[Si]C(C)C(C)[Si]O[Si](=O)Oc1ccc(C2=[N+]([O-])C(C)(C)C(C)(C)N2O)cc1. The van der Waals surface area contributed by atoms with Gasteiger partial charge < -0.3 is 75.2 Å². The van der Waals surface area contributed by atoms with Crippen molar-refractivity contribution >= 4 is 136 Å². The topological polar surface area (TPSA) is 300 Å². The predicted molar refractivity (Wildman–Crippen MR) is 386 cm³/mol. The summed E-state index contributed by atoms with van der Waals surface area (Å²) in [6.45, 7) is 51.1. The first-order chi connectivity index (χ1) is 45.3. The van der Waals surface area contributed by atoms with Gasteiger partial charge in [-0.25, -0.2) is 15.3 Å². The van der Waals surface area contributed by atoms with Gasteiger partial charge in [-0.1, -0.05) is 66.5 Å². The maximum absolute atomic E-state index is 12.8. The van der Waals surface area contributed by atoms with Gasteiger partial charge in [-0.05, 0) is 204 Å². The van der Waals surface area contributed by atoms with Crippen molar-refractivity contribution in [1.82, 2.24) is 15.2 Å². The summed E-state index contributed by atoms with van der Waals surface area (Å²) in [5, 5.41) is 47.0. The number of allylic oxidation sites excluding steroid dienone is 5. The minimum atomic E-state index is -2.79. The molecule has 16 radical (unpaired) electrons. The average molecular weight is 1590 g/mol. The first-order valence-electron chi connectivity index (χ1n) is 32.6. The molecule has 0 aromatic heterocycles. The van der Waals surface area contributed by atoms with Gasteiger partial charge >= 0.3 is 51.0 Å². The molecule has 6 rings (SSSR count). The van der Waals surface area contributed by atoms with E-state index in [9.17, 15) is 30.1 Å². The summed E-state index contributed by atoms with van der Waals surface area (Å²) in [6.07, 6.45) is 5.98. The lowest BCUT2D eigenvalue weighted by molar-refractivity contribution is -0.539. The van der Waals surface area contributed by atoms with Crippen molar-refractivity contribution in [3.63, 3.8) is 0 Å². The number of rotatable bonds is 27. The van der Waals surface area contributed by atoms with E-state index >= 15 is 0 Å². The highest BCUT2D eigenvalue weighted by atomic mass is 35.6. The molecular formula is C58H109ClN4O22Si12. The molecule has 548 valence electrons. The zero-order chi connectivity index (χ0) is 74.3. The van der Waals surface area contributed by atoms with E-state index in [2.05, 4.69) is 34.6 Å². The molecule has 1 aliphatic carbocycles. The van der Waals surface area contributed by atoms with Gasteiger partial charge in [0.1, 0.15) is 11.3 Å². The summed E-state index contributed by atoms with van der Waals surface area (Å²) in [7, 11) is -9.02. The summed E-state index contributed by atoms with van der Waals surface area (Å²) in [5.41, 5.74) is 1.41. The Morgan fingerprint density at radius 3 is 1.26 bits per heavy atom. The van der Waals surface area contributed by atoms with Crippen LogP contribution in [0.4, 0.5) is 0 Å². The molecule has 8 unspecified atom stereocenters. The van der Waals surface area contributed by atoms with Gasteiger partial charge in [0, 0.05) is 58.4 Å². The number of carbonyl (C=O) groups excluding carboxylic acids is 1. The lowest BCUT2D eigenvalue weighted by atomic mass is 9.84. The fourth-order valence-electron chi connectivity index (χ4n) is 7.70. The normalized spacial score (nSPS) is 23.2. The number of hydrogen-bond donors (Lipinski definition) is 5. The van der Waals surface area contributed by atoms with Crippen LogP contribution < -0.4 is 4.43 Å². The van der Waals surface area contributed by atoms with Crippen LogP contribution in [0.2, 0.25) is 44.3 Å². The molecule has 0 bridgehead atoms. The van der Waals surface area contributed by atoms with Gasteiger partial charge in [0.2, 0.25) is 68.3 Å². The van der Waals surface area contributed by atoms with Gasteiger partial charge in [0.15, 0.2) is 17.1 Å². The number of ketones is 1. The van der Waals surface area contributed by atoms with E-state index in [4.69, 9.17) is 81.1 Å². The average Bonchev–Trinajstić information content (AvgIpc) is 1.59. The Bertz CT molecular complexity index is 2450. The molecule has 1 aromatic carbocycles. The molecule has 4 aliphatic heterocycles. The van der Waals surface area contributed by atoms with Crippen molar-refractivity contribution in [2.75, 3.05) is 52.9 Å². The van der Waals surface area contributed by atoms with E-state index in [1.807, 2.05) is 118 Å². The second-order valence-electron chi connectivity index (χ2n) is 24.2. The quantitative estimate of drug-likeness (QED) is 0.0237. The number of amidine groups is 1. The lowest BCUT2D eigenvalue weighted by Crippen LogP contribution is -2.53. The van der Waals surface area contributed by atoms with Crippen LogP contribution in [0.5, 0.6) is 5.75 Å². The molecule has 3 saturated heterocycles. The molecule has 8 atom stereocenters. The molecule has 97 heavy (non-hydrogen) atoms. The second-order valence-corrected chi connectivity index (χ2v) is 44.9. The Morgan fingerprint density at radius 1 is 0.588 bits per heavy atom. The minimum Gasteiger partial charge on any atom is -0.714 e. The van der Waals surface area contributed by atoms with Crippen molar-refractivity contribution in [2.24, 2.45) is 0 Å². The molecule has 5 aliphatic rings. The number of benzene rings is 1. The number of nitrogens with zero attached hydrogens (tertiary/aromatic N) is 4. The van der Waals surface area contributed by atoms with Crippen LogP contribution >= 0.6 is 11.1 Å². The van der Waals surface area contributed by atoms with Crippen LogP contribution in [-0.4, -0.2) is 245 Å². The zero-order valence-electron chi connectivity index (χ0n) is 61.2. The molecule has 3 fully saturated rings. The molecule has 0 spiro atoms. The standard InChI is InChI=1S/C19H30N2O6Si3.C13H18N2O3.2C8H18O4Si3.C6H15ClO3Si.C4H10O2Si2/c1-8-25-28-13(2)14(3)29-27-30(24)26-16-11-9-15(10-12-16)17-20(22)18(4,5)19(6,7)21(17)23;1-12(2)13(3,4)15(18)11(14(12)17)9-5-7-10(16)8-6-9;2*1-5-9-15(10-6-2)11-13-7(3)8(4)14-12-15;1-4-8-11(7,9-5-2)10-6-3;1-3(7-5)4(2)8-6/h9-14,22H,8H2,1-7H3;5-8,17-18H,1-4H3;2*7-8H,5-6H2,1-4H3;4-6H2,1-3H3;3-6H,1-2H3. The van der Waals surface area contributed by atoms with Crippen molar-refractivity contribution in [1.29, 1.82) is 0 Å². The zero-order valence-corrected chi connectivity index (χ0v) is 74.0. The maximum atomic E-state index is 12.8. The third-order valence-corrected chi connectivity index (χ3v) is 37.9. The summed E-state index contributed by atoms with van der Waals surface area (Å²) in [5.74, 6) is 0.720. The minimum absolute atomic E-state index is 0.0344. The van der Waals surface area contributed by atoms with Crippen LogP contribution in [0.3, 0.4) is 0 Å². The van der Waals surface area contributed by atoms with E-state index in [1.165, 1.54) is 12.2 Å². The third-order valence-electron chi connectivity index (χ3n) is 16.2. The Hall–Kier alpha value is -1.41. The molecule has 0 saturated carbocycles. The van der Waals surface area contributed by atoms with Crippen LogP contribution in [-0.2, 0) is 65.2 Å². The number of carbonyl (C=O) groups is 1. The van der Waals surface area contributed by atoms with Crippen molar-refractivity contribution in [2.45, 2.75) is 233 Å². The van der Waals surface area contributed by atoms with E-state index in [0.717, 1.165) is 19.9 Å². The Balaban J connectivity index is 0.000000613. The van der Waals surface area contributed by atoms with E-state index in [1.54, 1.807) is 50.3 Å². The van der Waals surface area contributed by atoms with Crippen molar-refractivity contribution in [3.05, 3.63) is 70.7 Å². The van der Waals surface area contributed by atoms with Crippen LogP contribution in [0, 0.1) is 5.21 Å². The molecule has 4 heterocycles. The summed E-state index contributed by atoms with van der Waals surface area (Å²) in [6, 6.07) is 6.53. The molecule has 0 amide bonds. The highest BCUT2D eigenvalue weighted by Gasteiger charge is 2.59. The van der Waals surface area contributed by atoms with Crippen molar-refractivity contribution in [3.8, 4) is 5.75 Å². The van der Waals surface area contributed by atoms with Crippen LogP contribution in [0.15, 0.2) is 60.0 Å². The predicted octanol–water partition coefficient (Wildman–Crippen LogP) is 9.14. The monoisotopic (exact) mass is 1580 g/mol. The first-order valence-corrected chi connectivity index (χ1v) is 47.8. The highest BCUT2D eigenvalue weighted by Crippen LogP contribution is 2.45. The number of hydrogen-bond acceptors (Lipinski definition) is 25. The molecule has 5 N–H and O–H groups in total. The smallest absolute Gasteiger partial charge is 0.714 e. The Kier molecular flexibility index (Phi) is 43.5. The lowest BCUT2D eigenvalue weighted by Gasteiger charge is -2.37. The van der Waals surface area contributed by atoms with Gasteiger partial charge in [-0.15, -0.1) is 5.06 Å². The largest absolute Gasteiger partial charge is 0.757 e. The summed E-state index contributed by atoms with van der Waals surface area (Å²) in [4.78, 5) is 28.2. The molecule has 26 nitrogen and oxygen atoms in total. The molecule has 1 aromatic rings. The van der Waals surface area contributed by atoms with Crippen molar-refractivity contribution < 1.29 is 99.6 Å². The van der Waals surface area contributed by atoms with Crippen LogP contribution in [0.1, 0.15) is 172 Å². The second kappa shape index (κ2) is 45.1. The summed E-state index contributed by atoms with van der Waals surface area (Å²) < 4.78 is 90.1. The van der Waals surface area contributed by atoms with Gasteiger partial charge in [0.05, 0.1) is 16.6 Å². The fourth-order valence-corrected chi connectivity index (χ4v) is 25.2. The van der Waals surface area contributed by atoms with E-state index < -0.39 is 57.5 Å². The number of hydroxylamine groups is 7. The van der Waals surface area contributed by atoms with Crippen LogP contribution in [0.25, 0.3) is 0 Å². The summed E-state index contributed by atoms with van der Waals surface area (Å²) >= 11 is 5.91. The van der Waals surface area contributed by atoms with Gasteiger partial charge in [-0.2, -0.15) is 0 Å². The molecule has 39 heteroatoms. The maximum Gasteiger partial charge on any atom is 0.757 e. The number of halogens is 1. The fraction of sp³-hybridized carbons (Fsp3) is 0.759. The highest BCUT2D eigenvalue weighted by molar-refractivity contribution is 7.09. The Morgan fingerprint density at radius 2 is 0.948 bits per heavy atom. The molecular weight excluding hydrogens is 1480 g/mol. The third kappa shape index (κ3) is 28.2. The van der Waals surface area contributed by atoms with E-state index in [-0.39, 0.29) is 63.4 Å². The van der Waals surface area contributed by atoms with Gasteiger partial charge in [0.25, 0.3) is 0 Å². The van der Waals surface area contributed by atoms with E-state index in [0.29, 0.717) is 146 Å². The first kappa shape index (κ1) is 93.6. The Labute approximate surface area is 609 Å². The van der Waals surface area contributed by atoms with Gasteiger partial charge in [-0.3, -0.25) is 24.4 Å².